The van der Waals surface area contributed by atoms with Crippen LogP contribution in [-0.2, 0) is 0 Å². The first-order chi connectivity index (χ1) is 6.92. The van der Waals surface area contributed by atoms with E-state index in [2.05, 4.69) is 35.8 Å². The molecule has 0 aromatic carbocycles. The molecule has 0 saturated carbocycles. The summed E-state index contributed by atoms with van der Waals surface area (Å²) < 4.78 is 0. The van der Waals surface area contributed by atoms with E-state index >= 15 is 0 Å². The van der Waals surface area contributed by atoms with Gasteiger partial charge in [-0.15, -0.1) is 11.3 Å². The third-order valence-corrected chi connectivity index (χ3v) is 3.62. The van der Waals surface area contributed by atoms with Crippen molar-refractivity contribution >= 4 is 11.3 Å². The maximum absolute atomic E-state index is 3.57. The Balaban J connectivity index is 2.15. The van der Waals surface area contributed by atoms with Crippen LogP contribution in [0.15, 0.2) is 29.2 Å². The second-order valence-electron chi connectivity index (χ2n) is 3.68. The Morgan fingerprint density at radius 2 is 2.50 bits per heavy atom. The fourth-order valence-corrected chi connectivity index (χ4v) is 2.87. The van der Waals surface area contributed by atoms with E-state index in [9.17, 15) is 0 Å². The van der Waals surface area contributed by atoms with Crippen LogP contribution in [0.1, 0.15) is 37.1 Å². The molecule has 0 radical (unpaired) electrons. The van der Waals surface area contributed by atoms with Gasteiger partial charge in [0.2, 0.25) is 0 Å². The van der Waals surface area contributed by atoms with E-state index in [1.54, 1.807) is 5.57 Å². The summed E-state index contributed by atoms with van der Waals surface area (Å²) >= 11 is 1.85. The standard InChI is InChI=1S/C12H17NS/c1-2-13-12(10-6-3-4-7-10)11-8-5-9-14-11/h5-6,8-9,12-13H,2-4,7H2,1H3. The summed E-state index contributed by atoms with van der Waals surface area (Å²) in [6.45, 7) is 3.22. The summed E-state index contributed by atoms with van der Waals surface area (Å²) in [5, 5.41) is 5.73. The van der Waals surface area contributed by atoms with E-state index in [4.69, 9.17) is 0 Å². The fraction of sp³-hybridized carbons (Fsp3) is 0.500. The van der Waals surface area contributed by atoms with Crippen molar-refractivity contribution in [3.05, 3.63) is 34.0 Å². The molecule has 76 valence electrons. The van der Waals surface area contributed by atoms with Gasteiger partial charge < -0.3 is 5.32 Å². The van der Waals surface area contributed by atoms with Crippen molar-refractivity contribution in [3.63, 3.8) is 0 Å². The van der Waals surface area contributed by atoms with Crippen LogP contribution in [-0.4, -0.2) is 6.54 Å². The summed E-state index contributed by atoms with van der Waals surface area (Å²) in [5.74, 6) is 0. The zero-order valence-corrected chi connectivity index (χ0v) is 9.44. The lowest BCUT2D eigenvalue weighted by Crippen LogP contribution is -2.21. The van der Waals surface area contributed by atoms with Crippen molar-refractivity contribution in [1.29, 1.82) is 0 Å². The van der Waals surface area contributed by atoms with Crippen LogP contribution in [0.25, 0.3) is 0 Å². The molecule has 0 amide bonds. The molecule has 0 saturated heterocycles. The molecule has 14 heavy (non-hydrogen) atoms. The molecule has 2 heteroatoms. The maximum Gasteiger partial charge on any atom is 0.0630 e. The lowest BCUT2D eigenvalue weighted by Gasteiger charge is -2.17. The molecular weight excluding hydrogens is 190 g/mol. The van der Waals surface area contributed by atoms with E-state index in [0.717, 1.165) is 6.54 Å². The number of thiophene rings is 1. The summed E-state index contributed by atoms with van der Waals surface area (Å²) in [4.78, 5) is 1.46. The summed E-state index contributed by atoms with van der Waals surface area (Å²) in [6.07, 6.45) is 6.29. The van der Waals surface area contributed by atoms with Crippen LogP contribution in [0, 0.1) is 0 Å². The molecule has 1 unspecified atom stereocenters. The largest absolute Gasteiger partial charge is 0.306 e. The van der Waals surface area contributed by atoms with Crippen LogP contribution in [0.3, 0.4) is 0 Å². The number of likely N-dealkylation sites (N-methyl/N-ethyl adjacent to an activating group) is 1. The molecule has 0 bridgehead atoms. The van der Waals surface area contributed by atoms with Gasteiger partial charge >= 0.3 is 0 Å². The minimum Gasteiger partial charge on any atom is -0.306 e. The van der Waals surface area contributed by atoms with E-state index in [1.165, 1.54) is 24.1 Å². The number of rotatable bonds is 4. The first kappa shape index (κ1) is 9.94. The predicted molar refractivity (Wildman–Crippen MR) is 62.7 cm³/mol. The predicted octanol–water partition coefficient (Wildman–Crippen LogP) is 3.51. The minimum atomic E-state index is 0.488. The average Bonchev–Trinajstić information content (AvgIpc) is 2.87. The highest BCUT2D eigenvalue weighted by atomic mass is 32.1. The van der Waals surface area contributed by atoms with Crippen LogP contribution >= 0.6 is 11.3 Å². The van der Waals surface area contributed by atoms with Crippen molar-refractivity contribution in [2.45, 2.75) is 32.2 Å². The monoisotopic (exact) mass is 207 g/mol. The zero-order valence-electron chi connectivity index (χ0n) is 8.62. The number of allylic oxidation sites excluding steroid dienone is 1. The van der Waals surface area contributed by atoms with Gasteiger partial charge in [0.25, 0.3) is 0 Å². The highest BCUT2D eigenvalue weighted by Crippen LogP contribution is 2.32. The van der Waals surface area contributed by atoms with Gasteiger partial charge in [-0.1, -0.05) is 24.6 Å². The Morgan fingerprint density at radius 1 is 1.57 bits per heavy atom. The lowest BCUT2D eigenvalue weighted by molar-refractivity contribution is 0.614. The molecule has 1 aromatic heterocycles. The quantitative estimate of drug-likeness (QED) is 0.745. The van der Waals surface area contributed by atoms with Crippen LogP contribution in [0.2, 0.25) is 0 Å². The van der Waals surface area contributed by atoms with Crippen molar-refractivity contribution in [2.75, 3.05) is 6.54 Å². The minimum absolute atomic E-state index is 0.488. The van der Waals surface area contributed by atoms with Gasteiger partial charge in [0.1, 0.15) is 0 Å². The highest BCUT2D eigenvalue weighted by molar-refractivity contribution is 7.10. The first-order valence-corrected chi connectivity index (χ1v) is 6.25. The van der Waals surface area contributed by atoms with Gasteiger partial charge in [0.15, 0.2) is 0 Å². The molecule has 1 heterocycles. The number of hydrogen-bond acceptors (Lipinski definition) is 2. The molecule has 0 aliphatic heterocycles. The normalized spacial score (nSPS) is 18.2. The Bertz CT molecular complexity index is 300. The van der Waals surface area contributed by atoms with Crippen molar-refractivity contribution < 1.29 is 0 Å². The molecule has 2 rings (SSSR count). The summed E-state index contributed by atoms with van der Waals surface area (Å²) in [5.41, 5.74) is 1.59. The second-order valence-corrected chi connectivity index (χ2v) is 4.66. The third kappa shape index (κ3) is 2.07. The topological polar surface area (TPSA) is 12.0 Å². The van der Waals surface area contributed by atoms with E-state index in [0.29, 0.717) is 6.04 Å². The molecule has 1 nitrogen and oxygen atoms in total. The lowest BCUT2D eigenvalue weighted by atomic mass is 10.1. The fourth-order valence-electron chi connectivity index (χ4n) is 2.03. The van der Waals surface area contributed by atoms with Crippen molar-refractivity contribution in [3.8, 4) is 0 Å². The van der Waals surface area contributed by atoms with E-state index < -0.39 is 0 Å². The van der Waals surface area contributed by atoms with Gasteiger partial charge in [-0.05, 0) is 37.3 Å². The van der Waals surface area contributed by atoms with Crippen LogP contribution in [0.4, 0.5) is 0 Å². The van der Waals surface area contributed by atoms with Gasteiger partial charge in [-0.25, -0.2) is 0 Å². The molecular formula is C12H17NS. The Morgan fingerprint density at radius 3 is 3.07 bits per heavy atom. The SMILES string of the molecule is CCNC(C1=CCCC1)c1cccs1. The van der Waals surface area contributed by atoms with Gasteiger partial charge in [0, 0.05) is 4.88 Å². The van der Waals surface area contributed by atoms with E-state index in [1.807, 2.05) is 11.3 Å². The van der Waals surface area contributed by atoms with Gasteiger partial charge in [-0.2, -0.15) is 0 Å². The van der Waals surface area contributed by atoms with Gasteiger partial charge in [0.05, 0.1) is 6.04 Å². The number of nitrogens with one attached hydrogen (secondary N) is 1. The Kier molecular flexibility index (Phi) is 3.38. The first-order valence-electron chi connectivity index (χ1n) is 5.37. The van der Waals surface area contributed by atoms with Crippen molar-refractivity contribution in [2.24, 2.45) is 0 Å². The molecule has 0 spiro atoms. The van der Waals surface area contributed by atoms with Crippen LogP contribution < -0.4 is 5.32 Å². The molecule has 1 aliphatic carbocycles. The molecule has 1 atom stereocenters. The van der Waals surface area contributed by atoms with Gasteiger partial charge in [-0.3, -0.25) is 0 Å². The third-order valence-electron chi connectivity index (χ3n) is 2.68. The smallest absolute Gasteiger partial charge is 0.0630 e. The molecule has 1 aromatic rings. The Hall–Kier alpha value is -0.600. The molecule has 1 aliphatic rings. The molecule has 0 fully saturated rings. The summed E-state index contributed by atoms with van der Waals surface area (Å²) in [6, 6.07) is 4.86. The highest BCUT2D eigenvalue weighted by Gasteiger charge is 2.18. The second kappa shape index (κ2) is 4.76. The molecule has 1 N–H and O–H groups in total. The van der Waals surface area contributed by atoms with Crippen LogP contribution in [0.5, 0.6) is 0 Å². The van der Waals surface area contributed by atoms with E-state index in [-0.39, 0.29) is 0 Å². The average molecular weight is 207 g/mol. The number of hydrogen-bond donors (Lipinski definition) is 1. The zero-order chi connectivity index (χ0) is 9.80. The Labute approximate surface area is 89.8 Å². The van der Waals surface area contributed by atoms with Crippen molar-refractivity contribution in [1.82, 2.24) is 5.32 Å². The summed E-state index contributed by atoms with van der Waals surface area (Å²) in [7, 11) is 0. The maximum atomic E-state index is 3.57.